The van der Waals surface area contributed by atoms with E-state index in [2.05, 4.69) is 0 Å². The van der Waals surface area contributed by atoms with Crippen molar-refractivity contribution < 1.29 is 28.6 Å². The summed E-state index contributed by atoms with van der Waals surface area (Å²) in [6, 6.07) is 15.0. The van der Waals surface area contributed by atoms with Crippen LogP contribution in [0.15, 0.2) is 48.5 Å². The van der Waals surface area contributed by atoms with E-state index in [0.717, 1.165) is 5.56 Å². The second-order valence-corrected chi connectivity index (χ2v) is 9.59. The minimum Gasteiger partial charge on any atom is -0.482 e. The molecule has 0 N–H and O–H groups in total. The first-order valence-corrected chi connectivity index (χ1v) is 11.4. The molecule has 0 saturated carbocycles. The predicted molar refractivity (Wildman–Crippen MR) is 126 cm³/mol. The SMILES string of the molecule is CC(C)(C)OC(=O)C[C@@H]1CC(=O)N(c2ccc3c(c2)N(COCc2ccccc2)C(=O)CO3)C1. The summed E-state index contributed by atoms with van der Waals surface area (Å²) >= 11 is 0. The van der Waals surface area contributed by atoms with Crippen LogP contribution in [0.5, 0.6) is 5.75 Å². The lowest BCUT2D eigenvalue weighted by molar-refractivity contribution is -0.155. The largest absolute Gasteiger partial charge is 0.482 e. The van der Waals surface area contributed by atoms with Gasteiger partial charge in [0.25, 0.3) is 5.91 Å². The van der Waals surface area contributed by atoms with Gasteiger partial charge in [0, 0.05) is 18.7 Å². The summed E-state index contributed by atoms with van der Waals surface area (Å²) in [4.78, 5) is 40.7. The van der Waals surface area contributed by atoms with Crippen LogP contribution in [0.25, 0.3) is 0 Å². The number of benzene rings is 2. The van der Waals surface area contributed by atoms with Gasteiger partial charge in [0.1, 0.15) is 18.1 Å². The Bertz CT molecular complexity index is 1060. The van der Waals surface area contributed by atoms with Gasteiger partial charge in [-0.15, -0.1) is 0 Å². The van der Waals surface area contributed by atoms with Crippen molar-refractivity contribution in [3.63, 3.8) is 0 Å². The number of amides is 2. The monoisotopic (exact) mass is 466 g/mol. The minimum absolute atomic E-state index is 0.0663. The molecule has 2 heterocycles. The average molecular weight is 467 g/mol. The van der Waals surface area contributed by atoms with Crippen molar-refractivity contribution in [3.8, 4) is 5.75 Å². The van der Waals surface area contributed by atoms with Crippen LogP contribution in [0.3, 0.4) is 0 Å². The number of nitrogens with zero attached hydrogens (tertiary/aromatic N) is 2. The summed E-state index contributed by atoms with van der Waals surface area (Å²) in [5.41, 5.74) is 1.67. The zero-order valence-corrected chi connectivity index (χ0v) is 19.8. The van der Waals surface area contributed by atoms with Crippen molar-refractivity contribution in [1.82, 2.24) is 0 Å². The number of carbonyl (C=O) groups excluding carboxylic acids is 3. The van der Waals surface area contributed by atoms with Gasteiger partial charge in [0.15, 0.2) is 6.61 Å². The molecule has 0 radical (unpaired) electrons. The summed E-state index contributed by atoms with van der Waals surface area (Å²) in [5.74, 6) is -0.153. The van der Waals surface area contributed by atoms with E-state index in [1.54, 1.807) is 23.1 Å². The summed E-state index contributed by atoms with van der Waals surface area (Å²) < 4.78 is 16.8. The highest BCUT2D eigenvalue weighted by Crippen LogP contribution is 2.37. The Kier molecular flexibility index (Phi) is 6.88. The molecular weight excluding hydrogens is 436 g/mol. The number of ether oxygens (including phenoxy) is 3. The van der Waals surface area contributed by atoms with E-state index >= 15 is 0 Å². The molecule has 0 aliphatic carbocycles. The fourth-order valence-electron chi connectivity index (χ4n) is 4.12. The molecule has 4 rings (SSSR count). The Morgan fingerprint density at radius 3 is 2.59 bits per heavy atom. The number of anilines is 2. The number of rotatable bonds is 7. The van der Waals surface area contributed by atoms with Crippen molar-refractivity contribution in [1.29, 1.82) is 0 Å². The zero-order valence-electron chi connectivity index (χ0n) is 19.8. The predicted octanol–water partition coefficient (Wildman–Crippen LogP) is 3.67. The van der Waals surface area contributed by atoms with Crippen LogP contribution in [0, 0.1) is 5.92 Å². The van der Waals surface area contributed by atoms with E-state index in [9.17, 15) is 14.4 Å². The van der Waals surface area contributed by atoms with E-state index in [-0.39, 0.29) is 49.9 Å². The zero-order chi connectivity index (χ0) is 24.3. The molecule has 8 heteroatoms. The van der Waals surface area contributed by atoms with E-state index in [1.165, 1.54) is 4.90 Å². The maximum atomic E-state index is 12.7. The van der Waals surface area contributed by atoms with Crippen molar-refractivity contribution in [2.75, 3.05) is 29.7 Å². The standard InChI is InChI=1S/C26H30N2O6/c1-26(2,3)34-25(31)12-19-11-23(29)27(14-19)20-9-10-22-21(13-20)28(24(30)16-33-22)17-32-15-18-7-5-4-6-8-18/h4-10,13,19H,11-12,14-17H2,1-3H3/t19-/m0/s1. The first kappa shape index (κ1) is 23.8. The van der Waals surface area contributed by atoms with Gasteiger partial charge >= 0.3 is 5.97 Å². The van der Waals surface area contributed by atoms with Crippen molar-refractivity contribution >= 4 is 29.2 Å². The molecule has 0 aromatic heterocycles. The highest BCUT2D eigenvalue weighted by Gasteiger charge is 2.34. The summed E-state index contributed by atoms with van der Waals surface area (Å²) in [6.45, 7) is 6.26. The van der Waals surface area contributed by atoms with Gasteiger partial charge < -0.3 is 19.1 Å². The smallest absolute Gasteiger partial charge is 0.306 e. The van der Waals surface area contributed by atoms with Gasteiger partial charge in [-0.3, -0.25) is 19.3 Å². The lowest BCUT2D eigenvalue weighted by Gasteiger charge is -2.30. The third-order valence-corrected chi connectivity index (χ3v) is 5.61. The lowest BCUT2D eigenvalue weighted by Crippen LogP contribution is -2.40. The summed E-state index contributed by atoms with van der Waals surface area (Å²) in [6.07, 6.45) is 0.459. The van der Waals surface area contributed by atoms with Crippen molar-refractivity contribution in [2.45, 2.75) is 45.8 Å². The van der Waals surface area contributed by atoms with Gasteiger partial charge in [0.2, 0.25) is 5.91 Å². The van der Waals surface area contributed by atoms with Crippen LogP contribution in [-0.4, -0.2) is 43.3 Å². The topological polar surface area (TPSA) is 85.4 Å². The lowest BCUT2D eigenvalue weighted by atomic mass is 10.0. The first-order chi connectivity index (χ1) is 16.2. The number of fused-ring (bicyclic) bond motifs is 1. The third kappa shape index (κ3) is 5.75. The molecule has 2 aromatic carbocycles. The minimum atomic E-state index is -0.559. The van der Waals surface area contributed by atoms with Crippen LogP contribution < -0.4 is 14.5 Å². The van der Waals surface area contributed by atoms with Gasteiger partial charge in [-0.25, -0.2) is 0 Å². The molecular formula is C26H30N2O6. The van der Waals surface area contributed by atoms with Gasteiger partial charge in [0.05, 0.1) is 18.7 Å². The second-order valence-electron chi connectivity index (χ2n) is 9.59. The highest BCUT2D eigenvalue weighted by atomic mass is 16.6. The fourth-order valence-corrected chi connectivity index (χ4v) is 4.12. The van der Waals surface area contributed by atoms with Gasteiger partial charge in [-0.1, -0.05) is 30.3 Å². The van der Waals surface area contributed by atoms with Crippen LogP contribution in [0.2, 0.25) is 0 Å². The Morgan fingerprint density at radius 2 is 1.85 bits per heavy atom. The van der Waals surface area contributed by atoms with Crippen molar-refractivity contribution in [3.05, 3.63) is 54.1 Å². The molecule has 2 aliphatic heterocycles. The highest BCUT2D eigenvalue weighted by molar-refractivity contribution is 6.00. The fraction of sp³-hybridized carbons (Fsp3) is 0.423. The normalized spacial score (nSPS) is 18.0. The first-order valence-electron chi connectivity index (χ1n) is 11.4. The van der Waals surface area contributed by atoms with Crippen LogP contribution >= 0.6 is 0 Å². The number of esters is 1. The molecule has 0 spiro atoms. The molecule has 0 unspecified atom stereocenters. The average Bonchev–Trinajstić information content (AvgIpc) is 3.14. The number of carbonyl (C=O) groups is 3. The van der Waals surface area contributed by atoms with E-state index < -0.39 is 5.60 Å². The molecule has 8 nitrogen and oxygen atoms in total. The number of hydrogen-bond donors (Lipinski definition) is 0. The van der Waals surface area contributed by atoms with Crippen molar-refractivity contribution in [2.24, 2.45) is 5.92 Å². The summed E-state index contributed by atoms with van der Waals surface area (Å²) in [5, 5.41) is 0. The molecule has 0 bridgehead atoms. The van der Waals surface area contributed by atoms with Crippen LogP contribution in [0.4, 0.5) is 11.4 Å². The van der Waals surface area contributed by atoms with Crippen LogP contribution in [-0.2, 0) is 30.5 Å². The van der Waals surface area contributed by atoms with E-state index in [0.29, 0.717) is 30.3 Å². The van der Waals surface area contributed by atoms with Crippen LogP contribution in [0.1, 0.15) is 39.2 Å². The Labute approximate surface area is 199 Å². The Balaban J connectivity index is 1.44. The van der Waals surface area contributed by atoms with Gasteiger partial charge in [-0.2, -0.15) is 0 Å². The maximum absolute atomic E-state index is 12.7. The molecule has 1 saturated heterocycles. The number of hydrogen-bond acceptors (Lipinski definition) is 6. The molecule has 2 aromatic rings. The molecule has 2 amide bonds. The van der Waals surface area contributed by atoms with E-state index in [4.69, 9.17) is 14.2 Å². The summed E-state index contributed by atoms with van der Waals surface area (Å²) in [7, 11) is 0. The third-order valence-electron chi connectivity index (χ3n) is 5.61. The van der Waals surface area contributed by atoms with Gasteiger partial charge in [-0.05, 0) is 50.5 Å². The molecule has 2 aliphatic rings. The maximum Gasteiger partial charge on any atom is 0.306 e. The quantitative estimate of drug-likeness (QED) is 0.579. The molecule has 180 valence electrons. The Hall–Kier alpha value is -3.39. The van der Waals surface area contributed by atoms with E-state index in [1.807, 2.05) is 51.1 Å². The second kappa shape index (κ2) is 9.85. The molecule has 1 fully saturated rings. The Morgan fingerprint density at radius 1 is 1.09 bits per heavy atom. The molecule has 1 atom stereocenters. The molecule has 34 heavy (non-hydrogen) atoms.